The lowest BCUT2D eigenvalue weighted by Gasteiger charge is -2.12. The van der Waals surface area contributed by atoms with Gasteiger partial charge in [0.25, 0.3) is 11.1 Å². The number of hydrogen-bond acceptors (Lipinski definition) is 6. The molecule has 0 radical (unpaired) electrons. The van der Waals surface area contributed by atoms with Crippen LogP contribution in [0.4, 0.5) is 4.79 Å². The fraction of sp³-hybridized carbons (Fsp3) is 0.312. The first-order valence-corrected chi connectivity index (χ1v) is 8.02. The minimum absolute atomic E-state index is 0.259. The van der Waals surface area contributed by atoms with Crippen molar-refractivity contribution in [2.24, 2.45) is 0 Å². The lowest BCUT2D eigenvalue weighted by molar-refractivity contribution is -0.129. The Bertz CT molecular complexity index is 674. The van der Waals surface area contributed by atoms with Crippen LogP contribution in [0.2, 0.25) is 0 Å². The van der Waals surface area contributed by atoms with E-state index in [4.69, 9.17) is 9.47 Å². The van der Waals surface area contributed by atoms with Crippen molar-refractivity contribution < 1.29 is 23.9 Å². The first kappa shape index (κ1) is 18.0. The van der Waals surface area contributed by atoms with Gasteiger partial charge in [-0.2, -0.15) is 0 Å². The highest BCUT2D eigenvalue weighted by molar-refractivity contribution is 8.18. The summed E-state index contributed by atoms with van der Waals surface area (Å²) in [5.41, 5.74) is 0.690. The van der Waals surface area contributed by atoms with Crippen molar-refractivity contribution in [3.63, 3.8) is 0 Å². The Morgan fingerprint density at radius 1 is 1.29 bits per heavy atom. The number of rotatable bonds is 7. The van der Waals surface area contributed by atoms with Gasteiger partial charge in [-0.15, -0.1) is 0 Å². The van der Waals surface area contributed by atoms with Crippen LogP contribution in [0.15, 0.2) is 29.2 Å². The van der Waals surface area contributed by atoms with E-state index < -0.39 is 17.1 Å². The number of para-hydroxylation sites is 1. The number of thioether (sulfide) groups is 1. The first-order chi connectivity index (χ1) is 11.6. The van der Waals surface area contributed by atoms with E-state index in [2.05, 4.69) is 5.32 Å². The van der Waals surface area contributed by atoms with Gasteiger partial charge in [-0.25, -0.2) is 0 Å². The summed E-state index contributed by atoms with van der Waals surface area (Å²) in [6, 6.07) is 7.16. The summed E-state index contributed by atoms with van der Waals surface area (Å²) in [5, 5.41) is 2.11. The second kappa shape index (κ2) is 8.51. The number of nitrogens with one attached hydrogen (secondary N) is 1. The predicted octanol–water partition coefficient (Wildman–Crippen LogP) is 1.49. The summed E-state index contributed by atoms with van der Waals surface area (Å²) in [4.78, 5) is 37.3. The Labute approximate surface area is 144 Å². The van der Waals surface area contributed by atoms with Crippen LogP contribution < -0.4 is 10.1 Å². The molecule has 0 aliphatic carbocycles. The number of methoxy groups -OCH3 is 2. The highest BCUT2D eigenvalue weighted by Gasteiger charge is 2.36. The number of hydrogen-bond donors (Lipinski definition) is 1. The second-order valence-corrected chi connectivity index (χ2v) is 5.85. The minimum Gasteiger partial charge on any atom is -0.496 e. The first-order valence-electron chi connectivity index (χ1n) is 7.21. The fourth-order valence-corrected chi connectivity index (χ4v) is 2.88. The number of benzene rings is 1. The predicted molar refractivity (Wildman–Crippen MR) is 90.6 cm³/mol. The van der Waals surface area contributed by atoms with Gasteiger partial charge >= 0.3 is 0 Å². The van der Waals surface area contributed by atoms with Gasteiger partial charge < -0.3 is 14.8 Å². The standard InChI is InChI=1S/C16H18N2O5S/c1-22-8-7-17-14(19)10-18-15(20)13(24-16(18)21)9-11-5-3-4-6-12(11)23-2/h3-6,9H,7-8,10H2,1-2H3,(H,17,19)/b13-9-. The van der Waals surface area contributed by atoms with E-state index in [1.807, 2.05) is 12.1 Å². The maximum atomic E-state index is 12.4. The summed E-state index contributed by atoms with van der Waals surface area (Å²) < 4.78 is 10.0. The number of amides is 3. The topological polar surface area (TPSA) is 84.9 Å². The van der Waals surface area contributed by atoms with Gasteiger partial charge in [-0.05, 0) is 23.9 Å². The zero-order valence-corrected chi connectivity index (χ0v) is 14.2. The SMILES string of the molecule is COCCNC(=O)CN1C(=O)S/C(=C\c2ccccc2OC)C1=O. The van der Waals surface area contributed by atoms with E-state index in [0.717, 1.165) is 16.7 Å². The van der Waals surface area contributed by atoms with E-state index in [1.165, 1.54) is 14.2 Å². The zero-order chi connectivity index (χ0) is 17.5. The molecule has 1 N–H and O–H groups in total. The molecule has 1 heterocycles. The van der Waals surface area contributed by atoms with Crippen molar-refractivity contribution in [2.45, 2.75) is 0 Å². The molecule has 0 spiro atoms. The molecule has 1 fully saturated rings. The zero-order valence-electron chi connectivity index (χ0n) is 13.4. The van der Waals surface area contributed by atoms with Crippen LogP contribution in [0.1, 0.15) is 5.56 Å². The summed E-state index contributed by atoms with van der Waals surface area (Å²) in [6.07, 6.45) is 1.59. The summed E-state index contributed by atoms with van der Waals surface area (Å²) in [6.45, 7) is 0.377. The summed E-state index contributed by atoms with van der Waals surface area (Å²) in [5.74, 6) is -0.299. The molecular formula is C16H18N2O5S. The smallest absolute Gasteiger partial charge is 0.294 e. The van der Waals surface area contributed by atoms with Gasteiger partial charge in [0.15, 0.2) is 0 Å². The Morgan fingerprint density at radius 3 is 2.75 bits per heavy atom. The van der Waals surface area contributed by atoms with Gasteiger partial charge in [0.05, 0.1) is 18.6 Å². The number of carbonyl (C=O) groups excluding carboxylic acids is 3. The molecule has 3 amide bonds. The van der Waals surface area contributed by atoms with Gasteiger partial charge in [0.2, 0.25) is 5.91 Å². The van der Waals surface area contributed by atoms with Crippen molar-refractivity contribution >= 4 is 34.9 Å². The van der Waals surface area contributed by atoms with Crippen molar-refractivity contribution in [2.75, 3.05) is 33.9 Å². The van der Waals surface area contributed by atoms with E-state index in [9.17, 15) is 14.4 Å². The van der Waals surface area contributed by atoms with Crippen LogP contribution >= 0.6 is 11.8 Å². The van der Waals surface area contributed by atoms with E-state index in [0.29, 0.717) is 24.5 Å². The molecule has 128 valence electrons. The second-order valence-electron chi connectivity index (χ2n) is 4.85. The van der Waals surface area contributed by atoms with Crippen LogP contribution in [0.25, 0.3) is 6.08 Å². The van der Waals surface area contributed by atoms with Crippen LogP contribution in [0.3, 0.4) is 0 Å². The maximum Gasteiger partial charge on any atom is 0.294 e. The highest BCUT2D eigenvalue weighted by Crippen LogP contribution is 2.33. The lowest BCUT2D eigenvalue weighted by atomic mass is 10.2. The monoisotopic (exact) mass is 350 g/mol. The molecule has 24 heavy (non-hydrogen) atoms. The Hall–Kier alpha value is -2.32. The summed E-state index contributed by atoms with van der Waals surface area (Å²) >= 11 is 0.804. The third kappa shape index (κ3) is 4.36. The molecule has 1 aromatic carbocycles. The summed E-state index contributed by atoms with van der Waals surface area (Å²) in [7, 11) is 3.05. The number of nitrogens with zero attached hydrogens (tertiary/aromatic N) is 1. The molecule has 2 rings (SSSR count). The molecule has 0 saturated carbocycles. The molecule has 1 aliphatic heterocycles. The molecule has 1 aliphatic rings. The highest BCUT2D eigenvalue weighted by atomic mass is 32.2. The van der Waals surface area contributed by atoms with Gasteiger partial charge in [0, 0.05) is 19.2 Å². The quantitative estimate of drug-likeness (QED) is 0.592. The molecule has 0 unspecified atom stereocenters. The third-order valence-corrected chi connectivity index (χ3v) is 4.14. The minimum atomic E-state index is -0.488. The Balaban J connectivity index is 2.08. The van der Waals surface area contributed by atoms with Crippen molar-refractivity contribution in [1.29, 1.82) is 0 Å². The van der Waals surface area contributed by atoms with Gasteiger partial charge in [0.1, 0.15) is 12.3 Å². The normalized spacial score (nSPS) is 15.9. The largest absolute Gasteiger partial charge is 0.496 e. The molecule has 1 aromatic rings. The van der Waals surface area contributed by atoms with Crippen LogP contribution in [0, 0.1) is 0 Å². The number of imide groups is 1. The van der Waals surface area contributed by atoms with Crippen LogP contribution in [0.5, 0.6) is 5.75 Å². The molecule has 7 nitrogen and oxygen atoms in total. The van der Waals surface area contributed by atoms with Gasteiger partial charge in [-0.3, -0.25) is 19.3 Å². The Morgan fingerprint density at radius 2 is 2.04 bits per heavy atom. The third-order valence-electron chi connectivity index (χ3n) is 3.23. The van der Waals surface area contributed by atoms with Crippen molar-refractivity contribution in [3.8, 4) is 5.75 Å². The maximum absolute atomic E-state index is 12.4. The molecule has 8 heteroatoms. The molecule has 0 aromatic heterocycles. The number of carbonyl (C=O) groups is 3. The lowest BCUT2D eigenvalue weighted by Crippen LogP contribution is -2.40. The molecular weight excluding hydrogens is 332 g/mol. The Kier molecular flexibility index (Phi) is 6.39. The van der Waals surface area contributed by atoms with Crippen LogP contribution in [-0.4, -0.2) is 55.9 Å². The van der Waals surface area contributed by atoms with Gasteiger partial charge in [-0.1, -0.05) is 18.2 Å². The van der Waals surface area contributed by atoms with Crippen LogP contribution in [-0.2, 0) is 14.3 Å². The van der Waals surface area contributed by atoms with E-state index in [1.54, 1.807) is 18.2 Å². The average molecular weight is 350 g/mol. The molecule has 1 saturated heterocycles. The fourth-order valence-electron chi connectivity index (χ4n) is 2.06. The van der Waals surface area contributed by atoms with E-state index in [-0.39, 0.29) is 11.4 Å². The number of ether oxygens (including phenoxy) is 2. The molecule has 0 atom stereocenters. The molecule has 0 bridgehead atoms. The van der Waals surface area contributed by atoms with E-state index >= 15 is 0 Å². The van der Waals surface area contributed by atoms with Crippen molar-refractivity contribution in [1.82, 2.24) is 10.2 Å². The van der Waals surface area contributed by atoms with Crippen molar-refractivity contribution in [3.05, 3.63) is 34.7 Å². The average Bonchev–Trinajstić information content (AvgIpc) is 2.83.